The van der Waals surface area contributed by atoms with Gasteiger partial charge in [-0.05, 0) is 11.6 Å². The van der Waals surface area contributed by atoms with E-state index in [-0.39, 0.29) is 0 Å². The first-order chi connectivity index (χ1) is 6.86. The molecule has 1 aromatic carbocycles. The Kier molecular flexibility index (Phi) is 1.42. The van der Waals surface area contributed by atoms with Crippen LogP contribution in [0.5, 0.6) is 5.75 Å². The predicted octanol–water partition coefficient (Wildman–Crippen LogP) is 1.41. The van der Waals surface area contributed by atoms with Crippen LogP contribution in [0.1, 0.15) is 5.56 Å². The standard InChI is InChI=1S/C11H9NO2/c13-12-6-4-8-5-7-14-10-3-1-2-9(12)11(8)10/h1-4,6H,5,7H2. The molecule has 3 heteroatoms. The highest BCUT2D eigenvalue weighted by Crippen LogP contribution is 2.30. The zero-order valence-electron chi connectivity index (χ0n) is 7.56. The van der Waals surface area contributed by atoms with Crippen molar-refractivity contribution in [3.63, 3.8) is 0 Å². The number of ether oxygens (including phenoxy) is 1. The van der Waals surface area contributed by atoms with E-state index in [9.17, 15) is 5.21 Å². The fraction of sp³-hybridized carbons (Fsp3) is 0.182. The fourth-order valence-corrected chi connectivity index (χ4v) is 1.95. The molecule has 3 nitrogen and oxygen atoms in total. The second kappa shape index (κ2) is 2.61. The number of nitrogens with zero attached hydrogens (tertiary/aromatic N) is 1. The molecule has 0 spiro atoms. The third-order valence-electron chi connectivity index (χ3n) is 2.60. The average Bonchev–Trinajstić information content (AvgIpc) is 2.24. The van der Waals surface area contributed by atoms with Crippen LogP contribution in [0.25, 0.3) is 10.9 Å². The number of pyridine rings is 1. The van der Waals surface area contributed by atoms with Gasteiger partial charge < -0.3 is 9.94 Å². The second-order valence-corrected chi connectivity index (χ2v) is 3.42. The van der Waals surface area contributed by atoms with Gasteiger partial charge in [0.05, 0.1) is 12.0 Å². The van der Waals surface area contributed by atoms with E-state index >= 15 is 0 Å². The quantitative estimate of drug-likeness (QED) is 0.461. The largest absolute Gasteiger partial charge is 0.618 e. The summed E-state index contributed by atoms with van der Waals surface area (Å²) in [7, 11) is 0. The summed E-state index contributed by atoms with van der Waals surface area (Å²) in [6.45, 7) is 0.703. The topological polar surface area (TPSA) is 36.2 Å². The Bertz CT molecular complexity index is 498. The normalized spacial score (nSPS) is 14.0. The minimum absolute atomic E-state index is 0.694. The molecule has 0 atom stereocenters. The molecule has 1 aromatic heterocycles. The maximum atomic E-state index is 11.5. The molecule has 0 bridgehead atoms. The highest BCUT2D eigenvalue weighted by atomic mass is 16.5. The lowest BCUT2D eigenvalue weighted by molar-refractivity contribution is -0.577. The number of hydrogen-bond acceptors (Lipinski definition) is 2. The van der Waals surface area contributed by atoms with Crippen LogP contribution >= 0.6 is 0 Å². The number of hydrogen-bond donors (Lipinski definition) is 0. The highest BCUT2D eigenvalue weighted by Gasteiger charge is 2.17. The van der Waals surface area contributed by atoms with Gasteiger partial charge in [-0.1, -0.05) is 6.07 Å². The van der Waals surface area contributed by atoms with Crippen LogP contribution in [0.2, 0.25) is 0 Å². The maximum Gasteiger partial charge on any atom is 0.227 e. The summed E-state index contributed by atoms with van der Waals surface area (Å²) in [5.41, 5.74) is 1.90. The van der Waals surface area contributed by atoms with E-state index in [4.69, 9.17) is 4.74 Å². The Balaban J connectivity index is 2.51. The van der Waals surface area contributed by atoms with Gasteiger partial charge in [0.1, 0.15) is 5.75 Å². The van der Waals surface area contributed by atoms with E-state index in [0.29, 0.717) is 12.1 Å². The fourth-order valence-electron chi connectivity index (χ4n) is 1.95. The minimum atomic E-state index is 0.694. The SMILES string of the molecule is [O-][n+]1ccc2c3c(cccc31)OCC2. The van der Waals surface area contributed by atoms with Crippen molar-refractivity contribution in [3.8, 4) is 5.75 Å². The average molecular weight is 187 g/mol. The van der Waals surface area contributed by atoms with Gasteiger partial charge >= 0.3 is 0 Å². The lowest BCUT2D eigenvalue weighted by Crippen LogP contribution is -2.27. The second-order valence-electron chi connectivity index (χ2n) is 3.42. The van der Waals surface area contributed by atoms with Gasteiger partial charge in [-0.2, -0.15) is 4.73 Å². The molecule has 0 saturated carbocycles. The first kappa shape index (κ1) is 7.62. The summed E-state index contributed by atoms with van der Waals surface area (Å²) in [6.07, 6.45) is 2.45. The molecule has 0 amide bonds. The molecule has 70 valence electrons. The first-order valence-corrected chi connectivity index (χ1v) is 4.63. The molecule has 0 aliphatic carbocycles. The van der Waals surface area contributed by atoms with Crippen molar-refractivity contribution < 1.29 is 9.47 Å². The smallest absolute Gasteiger partial charge is 0.227 e. The Morgan fingerprint density at radius 2 is 2.21 bits per heavy atom. The molecule has 2 aromatic rings. The molecule has 1 aliphatic heterocycles. The van der Waals surface area contributed by atoms with Gasteiger partial charge in [-0.25, -0.2) is 0 Å². The summed E-state index contributed by atoms with van der Waals surface area (Å²) < 4.78 is 6.38. The van der Waals surface area contributed by atoms with Crippen molar-refractivity contribution >= 4 is 10.9 Å². The molecule has 14 heavy (non-hydrogen) atoms. The third kappa shape index (κ3) is 0.894. The van der Waals surface area contributed by atoms with Gasteiger partial charge in [0.25, 0.3) is 0 Å². The Labute approximate surface area is 81.1 Å². The highest BCUT2D eigenvalue weighted by molar-refractivity contribution is 5.86. The Morgan fingerprint density at radius 1 is 1.29 bits per heavy atom. The van der Waals surface area contributed by atoms with E-state index in [1.54, 1.807) is 6.20 Å². The lowest BCUT2D eigenvalue weighted by Gasteiger charge is -2.16. The van der Waals surface area contributed by atoms with Gasteiger partial charge in [-0.15, -0.1) is 0 Å². The van der Waals surface area contributed by atoms with E-state index in [1.165, 1.54) is 5.56 Å². The molecular formula is C11H9NO2. The summed E-state index contributed by atoms with van der Waals surface area (Å²) in [5.74, 6) is 0.828. The van der Waals surface area contributed by atoms with Crippen molar-refractivity contribution in [1.82, 2.24) is 0 Å². The van der Waals surface area contributed by atoms with E-state index in [0.717, 1.165) is 22.3 Å². The van der Waals surface area contributed by atoms with Crippen molar-refractivity contribution in [1.29, 1.82) is 0 Å². The molecule has 1 aliphatic rings. The zero-order valence-corrected chi connectivity index (χ0v) is 7.56. The summed E-state index contributed by atoms with van der Waals surface area (Å²) >= 11 is 0. The Morgan fingerprint density at radius 3 is 3.14 bits per heavy atom. The Hall–Kier alpha value is -1.77. The third-order valence-corrected chi connectivity index (χ3v) is 2.60. The van der Waals surface area contributed by atoms with Gasteiger partial charge in [0.15, 0.2) is 6.20 Å². The van der Waals surface area contributed by atoms with Crippen molar-refractivity contribution in [2.75, 3.05) is 6.61 Å². The minimum Gasteiger partial charge on any atom is -0.618 e. The summed E-state index contributed by atoms with van der Waals surface area (Å²) in [6, 6.07) is 7.46. The van der Waals surface area contributed by atoms with E-state index in [2.05, 4.69) is 0 Å². The van der Waals surface area contributed by atoms with E-state index in [1.807, 2.05) is 24.3 Å². The van der Waals surface area contributed by atoms with Crippen LogP contribution in [-0.4, -0.2) is 6.61 Å². The van der Waals surface area contributed by atoms with Crippen molar-refractivity contribution in [2.45, 2.75) is 6.42 Å². The van der Waals surface area contributed by atoms with E-state index < -0.39 is 0 Å². The summed E-state index contributed by atoms with van der Waals surface area (Å²) in [4.78, 5) is 0. The summed E-state index contributed by atoms with van der Waals surface area (Å²) in [5, 5.41) is 12.5. The molecule has 0 radical (unpaired) electrons. The van der Waals surface area contributed by atoms with Gasteiger partial charge in [0, 0.05) is 18.6 Å². The molecule has 0 unspecified atom stereocenters. The van der Waals surface area contributed by atoms with Crippen LogP contribution in [0.15, 0.2) is 30.5 Å². The van der Waals surface area contributed by atoms with Crippen LogP contribution in [-0.2, 0) is 6.42 Å². The predicted molar refractivity (Wildman–Crippen MR) is 52.1 cm³/mol. The van der Waals surface area contributed by atoms with Crippen LogP contribution in [0, 0.1) is 5.21 Å². The van der Waals surface area contributed by atoms with Crippen molar-refractivity contribution in [3.05, 3.63) is 41.2 Å². The van der Waals surface area contributed by atoms with Gasteiger partial charge in [-0.3, -0.25) is 0 Å². The first-order valence-electron chi connectivity index (χ1n) is 4.63. The zero-order chi connectivity index (χ0) is 9.54. The molecule has 0 saturated heterocycles. The number of rotatable bonds is 0. The number of benzene rings is 1. The monoisotopic (exact) mass is 187 g/mol. The molecule has 0 fully saturated rings. The number of aromatic nitrogens is 1. The van der Waals surface area contributed by atoms with Crippen molar-refractivity contribution in [2.24, 2.45) is 0 Å². The molecule has 2 heterocycles. The van der Waals surface area contributed by atoms with Crippen LogP contribution in [0.3, 0.4) is 0 Å². The molecular weight excluding hydrogens is 178 g/mol. The lowest BCUT2D eigenvalue weighted by atomic mass is 10.0. The maximum absolute atomic E-state index is 11.5. The molecule has 3 rings (SSSR count). The molecule has 0 N–H and O–H groups in total. The van der Waals surface area contributed by atoms with Crippen LogP contribution in [0.4, 0.5) is 0 Å². The van der Waals surface area contributed by atoms with Gasteiger partial charge in [0.2, 0.25) is 5.52 Å². The van der Waals surface area contributed by atoms with Crippen LogP contribution < -0.4 is 9.47 Å².